The molecule has 2 aromatic heterocycles. The van der Waals surface area contributed by atoms with Gasteiger partial charge in [-0.1, -0.05) is 84.9 Å². The van der Waals surface area contributed by atoms with Crippen LogP contribution in [-0.4, -0.2) is 32.7 Å². The Bertz CT molecular complexity index is 2460. The number of benzene rings is 6. The molecular weight excluding hydrogens is 550 g/mol. The summed E-state index contributed by atoms with van der Waals surface area (Å²) in [6.45, 7) is 0.832. The number of rotatable bonds is 4. The van der Waals surface area contributed by atoms with Gasteiger partial charge in [0.1, 0.15) is 5.82 Å². The van der Waals surface area contributed by atoms with Crippen molar-refractivity contribution in [2.24, 2.45) is 7.05 Å². The van der Waals surface area contributed by atoms with Crippen LogP contribution in [0.3, 0.4) is 0 Å². The first-order valence-electron chi connectivity index (χ1n) is 15.4. The molecule has 45 heavy (non-hydrogen) atoms. The van der Waals surface area contributed by atoms with Gasteiger partial charge in [0.25, 0.3) is 0 Å². The summed E-state index contributed by atoms with van der Waals surface area (Å²) in [5.74, 6) is 0.963. The molecule has 216 valence electrons. The smallest absolute Gasteiger partial charge is 0.140 e. The fraction of sp³-hybridized carbons (Fsp3) is 0.0750. The Morgan fingerprint density at radius 3 is 2.09 bits per heavy atom. The number of imidazole rings is 1. The summed E-state index contributed by atoms with van der Waals surface area (Å²) >= 11 is 0. The molecular formula is C40H31N5. The van der Waals surface area contributed by atoms with Crippen LogP contribution in [0, 0.1) is 0 Å². The van der Waals surface area contributed by atoms with E-state index >= 15 is 0 Å². The zero-order valence-corrected chi connectivity index (χ0v) is 25.2. The van der Waals surface area contributed by atoms with Crippen LogP contribution in [0.1, 0.15) is 0 Å². The first-order chi connectivity index (χ1) is 22.1. The minimum Gasteiger partial charge on any atom is -0.361 e. The van der Waals surface area contributed by atoms with Gasteiger partial charge in [0.2, 0.25) is 0 Å². The highest BCUT2D eigenvalue weighted by Crippen LogP contribution is 2.39. The molecule has 0 fully saturated rings. The second kappa shape index (κ2) is 9.86. The van der Waals surface area contributed by atoms with Crippen LogP contribution in [0.15, 0.2) is 140 Å². The molecule has 6 aromatic carbocycles. The number of fused-ring (bicyclic) bond motifs is 5. The molecule has 1 aliphatic rings. The Morgan fingerprint density at radius 1 is 0.556 bits per heavy atom. The molecule has 0 saturated carbocycles. The second-order valence-corrected chi connectivity index (χ2v) is 12.0. The van der Waals surface area contributed by atoms with E-state index in [1.54, 1.807) is 0 Å². The predicted molar refractivity (Wildman–Crippen MR) is 188 cm³/mol. The van der Waals surface area contributed by atoms with Crippen molar-refractivity contribution < 1.29 is 0 Å². The number of anilines is 1. The number of aryl methyl sites for hydroxylation is 1. The monoisotopic (exact) mass is 581 g/mol. The minimum absolute atomic E-state index is 0.832. The van der Waals surface area contributed by atoms with Gasteiger partial charge in [-0.25, -0.2) is 4.98 Å². The van der Waals surface area contributed by atoms with Gasteiger partial charge >= 0.3 is 0 Å². The van der Waals surface area contributed by atoms with Crippen molar-refractivity contribution in [3.63, 3.8) is 0 Å². The predicted octanol–water partition coefficient (Wildman–Crippen LogP) is 9.34. The van der Waals surface area contributed by atoms with Gasteiger partial charge in [-0.2, -0.15) is 0 Å². The van der Waals surface area contributed by atoms with E-state index in [4.69, 9.17) is 4.98 Å². The summed E-state index contributed by atoms with van der Waals surface area (Å²) in [5.41, 5.74) is 10.3. The van der Waals surface area contributed by atoms with E-state index in [-0.39, 0.29) is 0 Å². The van der Waals surface area contributed by atoms with E-state index in [0.717, 1.165) is 40.3 Å². The van der Waals surface area contributed by atoms with Crippen molar-refractivity contribution >= 4 is 49.3 Å². The molecule has 0 saturated heterocycles. The van der Waals surface area contributed by atoms with Crippen LogP contribution < -0.4 is 4.90 Å². The van der Waals surface area contributed by atoms with Crippen LogP contribution >= 0.6 is 0 Å². The molecule has 0 N–H and O–H groups in total. The standard InChI is InChI=1S/C40H31N5/c1-42-21-22-44(26-42)30-11-8-12-31(25-30)45-38-23-28(33-14-7-10-27-9-3-4-13-32(27)33)17-19-34(38)35-20-18-29(24-39(35)45)40-41-36-15-5-6-16-37(36)43(40)2/h3-25H,26H2,1-2H3. The molecule has 0 unspecified atom stereocenters. The number of hydrogen-bond donors (Lipinski definition) is 0. The molecule has 0 atom stereocenters. The highest BCUT2D eigenvalue weighted by Gasteiger charge is 2.18. The van der Waals surface area contributed by atoms with E-state index in [0.29, 0.717) is 0 Å². The van der Waals surface area contributed by atoms with E-state index in [9.17, 15) is 0 Å². The zero-order chi connectivity index (χ0) is 30.1. The Hall–Kier alpha value is -5.81. The van der Waals surface area contributed by atoms with E-state index in [2.05, 4.69) is 167 Å². The lowest BCUT2D eigenvalue weighted by atomic mass is 9.97. The third kappa shape index (κ3) is 4.05. The minimum atomic E-state index is 0.832. The van der Waals surface area contributed by atoms with Crippen molar-refractivity contribution in [2.45, 2.75) is 0 Å². The topological polar surface area (TPSA) is 29.2 Å². The lowest BCUT2D eigenvalue weighted by Crippen LogP contribution is -2.21. The van der Waals surface area contributed by atoms with Crippen LogP contribution in [0.4, 0.5) is 5.69 Å². The summed E-state index contributed by atoms with van der Waals surface area (Å²) in [6.07, 6.45) is 4.26. The van der Waals surface area contributed by atoms with Gasteiger partial charge < -0.3 is 18.9 Å². The summed E-state index contributed by atoms with van der Waals surface area (Å²) in [7, 11) is 4.20. The van der Waals surface area contributed by atoms with Gasteiger partial charge in [-0.3, -0.25) is 0 Å². The lowest BCUT2D eigenvalue weighted by molar-refractivity contribution is 0.496. The highest BCUT2D eigenvalue weighted by atomic mass is 15.3. The average Bonchev–Trinajstić information content (AvgIpc) is 3.77. The molecule has 0 aliphatic carbocycles. The molecule has 0 amide bonds. The molecule has 1 aliphatic heterocycles. The fourth-order valence-electron chi connectivity index (χ4n) is 6.99. The van der Waals surface area contributed by atoms with E-state index < -0.39 is 0 Å². The third-order valence-corrected chi connectivity index (χ3v) is 9.21. The van der Waals surface area contributed by atoms with E-state index in [1.807, 2.05) is 6.07 Å². The molecule has 0 radical (unpaired) electrons. The Labute approximate surface area is 261 Å². The molecule has 0 bridgehead atoms. The van der Waals surface area contributed by atoms with Crippen molar-refractivity contribution in [3.8, 4) is 28.2 Å². The zero-order valence-electron chi connectivity index (χ0n) is 25.2. The van der Waals surface area contributed by atoms with Crippen LogP contribution in [-0.2, 0) is 7.05 Å². The third-order valence-electron chi connectivity index (χ3n) is 9.21. The fourth-order valence-corrected chi connectivity index (χ4v) is 6.99. The molecule has 9 rings (SSSR count). The van der Waals surface area contributed by atoms with Gasteiger partial charge in [0.15, 0.2) is 0 Å². The summed E-state index contributed by atoms with van der Waals surface area (Å²) in [4.78, 5) is 9.51. The molecule has 0 spiro atoms. The average molecular weight is 582 g/mol. The quantitative estimate of drug-likeness (QED) is 0.207. The highest BCUT2D eigenvalue weighted by molar-refractivity contribution is 6.12. The van der Waals surface area contributed by atoms with Gasteiger partial charge in [0.05, 0.1) is 28.7 Å². The van der Waals surface area contributed by atoms with Crippen molar-refractivity contribution in [1.29, 1.82) is 0 Å². The molecule has 5 nitrogen and oxygen atoms in total. The Kier molecular flexibility index (Phi) is 5.62. The van der Waals surface area contributed by atoms with Gasteiger partial charge in [-0.05, 0) is 64.4 Å². The molecule has 3 heterocycles. The Morgan fingerprint density at radius 2 is 1.27 bits per heavy atom. The number of aromatic nitrogens is 3. The largest absolute Gasteiger partial charge is 0.361 e. The first kappa shape index (κ1) is 25.7. The summed E-state index contributed by atoms with van der Waals surface area (Å²) in [6, 6.07) is 46.1. The maximum atomic E-state index is 5.04. The molecule has 5 heteroatoms. The van der Waals surface area contributed by atoms with E-state index in [1.165, 1.54) is 43.9 Å². The molecule has 8 aromatic rings. The maximum Gasteiger partial charge on any atom is 0.140 e. The first-order valence-corrected chi connectivity index (χ1v) is 15.4. The number of para-hydroxylation sites is 2. The second-order valence-electron chi connectivity index (χ2n) is 12.0. The van der Waals surface area contributed by atoms with Crippen molar-refractivity contribution in [1.82, 2.24) is 19.0 Å². The summed E-state index contributed by atoms with van der Waals surface area (Å²) in [5, 5.41) is 4.97. The van der Waals surface area contributed by atoms with Gasteiger partial charge in [0, 0.05) is 54.2 Å². The lowest BCUT2D eigenvalue weighted by Gasteiger charge is -2.19. The van der Waals surface area contributed by atoms with Crippen molar-refractivity contribution in [3.05, 3.63) is 140 Å². The Balaban J connectivity index is 1.31. The van der Waals surface area contributed by atoms with Crippen LogP contribution in [0.5, 0.6) is 0 Å². The number of nitrogens with zero attached hydrogens (tertiary/aromatic N) is 5. The summed E-state index contributed by atoms with van der Waals surface area (Å²) < 4.78 is 4.62. The normalized spacial score (nSPS) is 13.3. The van der Waals surface area contributed by atoms with Gasteiger partial charge in [-0.15, -0.1) is 0 Å². The van der Waals surface area contributed by atoms with Crippen molar-refractivity contribution in [2.75, 3.05) is 18.6 Å². The SMILES string of the molecule is CN1C=CN(c2cccc(-n3c4cc(-c5cccc6ccccc56)ccc4c4ccc(-c5nc6ccccc6n5C)cc43)c2)C1. The number of hydrogen-bond acceptors (Lipinski definition) is 3. The maximum absolute atomic E-state index is 5.04. The van der Waals surface area contributed by atoms with Crippen LogP contribution in [0.2, 0.25) is 0 Å². The van der Waals surface area contributed by atoms with Crippen LogP contribution in [0.25, 0.3) is 71.8 Å².